The summed E-state index contributed by atoms with van der Waals surface area (Å²) in [5.41, 5.74) is 1.12. The molecule has 1 aromatic carbocycles. The van der Waals surface area contributed by atoms with Gasteiger partial charge in [-0.3, -0.25) is 0 Å². The first kappa shape index (κ1) is 15.3. The number of nitrogens with zero attached hydrogens (tertiary/aromatic N) is 3. The van der Waals surface area contributed by atoms with E-state index < -0.39 is 0 Å². The molecular weight excluding hydrogens is 303 g/mol. The van der Waals surface area contributed by atoms with E-state index in [0.717, 1.165) is 30.7 Å². The topological polar surface area (TPSA) is 42.7 Å². The molecule has 1 N–H and O–H groups in total. The highest BCUT2D eigenvalue weighted by molar-refractivity contribution is 5.81. The molecule has 24 heavy (non-hydrogen) atoms. The Morgan fingerprint density at radius 2 is 2.17 bits per heavy atom. The van der Waals surface area contributed by atoms with Crippen molar-refractivity contribution in [2.45, 2.75) is 38.3 Å². The number of nitrogens with one attached hydrogen (secondary N) is 1. The lowest BCUT2D eigenvalue weighted by Crippen LogP contribution is -2.34. The molecular formula is C19H21FN4. The Morgan fingerprint density at radius 3 is 3.04 bits per heavy atom. The Kier molecular flexibility index (Phi) is 4.26. The van der Waals surface area contributed by atoms with Crippen LogP contribution in [-0.2, 0) is 6.54 Å². The summed E-state index contributed by atoms with van der Waals surface area (Å²) in [4.78, 5) is 8.94. The van der Waals surface area contributed by atoms with Crippen LogP contribution in [0.4, 0.5) is 4.39 Å². The van der Waals surface area contributed by atoms with Crippen molar-refractivity contribution >= 4 is 10.9 Å². The van der Waals surface area contributed by atoms with Crippen molar-refractivity contribution in [1.82, 2.24) is 19.9 Å². The van der Waals surface area contributed by atoms with Gasteiger partial charge in [0.15, 0.2) is 5.82 Å². The highest BCUT2D eigenvalue weighted by Gasteiger charge is 2.14. The van der Waals surface area contributed by atoms with Gasteiger partial charge in [0.2, 0.25) is 0 Å². The van der Waals surface area contributed by atoms with Gasteiger partial charge in [0.05, 0.1) is 0 Å². The number of hydrogen-bond donors (Lipinski definition) is 1. The minimum atomic E-state index is -0.293. The maximum Gasteiger partial charge on any atom is 0.158 e. The predicted octanol–water partition coefficient (Wildman–Crippen LogP) is 3.77. The van der Waals surface area contributed by atoms with Crippen molar-refractivity contribution in [3.63, 3.8) is 0 Å². The Balaban J connectivity index is 1.58. The van der Waals surface area contributed by atoms with E-state index in [1.54, 1.807) is 12.3 Å². The number of pyridine rings is 1. The maximum absolute atomic E-state index is 14.0. The molecule has 1 atom stereocenters. The molecule has 3 aromatic rings. The van der Waals surface area contributed by atoms with Crippen molar-refractivity contribution in [3.8, 4) is 11.5 Å². The number of fused-ring (bicyclic) bond motifs is 1. The summed E-state index contributed by atoms with van der Waals surface area (Å²) in [6, 6.07) is 9.42. The number of aryl methyl sites for hydroxylation is 1. The number of halogens is 1. The molecule has 5 heteroatoms. The summed E-state index contributed by atoms with van der Waals surface area (Å²) >= 11 is 0. The minimum Gasteiger partial charge on any atom is -0.330 e. The van der Waals surface area contributed by atoms with Gasteiger partial charge in [0, 0.05) is 30.4 Å². The van der Waals surface area contributed by atoms with Crippen LogP contribution in [0.15, 0.2) is 42.7 Å². The standard InChI is InChI=1S/C19H21FN4/c20-16-6-3-4-14-7-8-17(23-18(14)16)19-22-11-13-24(19)12-9-15-5-1-2-10-21-15/h3-4,6-8,11,13,15,21H,1-2,5,9-10,12H2. The summed E-state index contributed by atoms with van der Waals surface area (Å²) < 4.78 is 16.1. The molecule has 0 amide bonds. The summed E-state index contributed by atoms with van der Waals surface area (Å²) in [5.74, 6) is 0.509. The van der Waals surface area contributed by atoms with E-state index in [2.05, 4.69) is 19.9 Å². The van der Waals surface area contributed by atoms with Crippen molar-refractivity contribution < 1.29 is 4.39 Å². The fourth-order valence-electron chi connectivity index (χ4n) is 3.42. The summed E-state index contributed by atoms with van der Waals surface area (Å²) in [6.45, 7) is 2.01. The van der Waals surface area contributed by atoms with E-state index in [1.807, 2.05) is 24.4 Å². The first-order valence-corrected chi connectivity index (χ1v) is 8.61. The Bertz CT molecular complexity index is 836. The molecule has 0 spiro atoms. The Morgan fingerprint density at radius 1 is 1.21 bits per heavy atom. The molecule has 0 bridgehead atoms. The van der Waals surface area contributed by atoms with Crippen LogP contribution in [0.1, 0.15) is 25.7 Å². The Hall–Kier alpha value is -2.27. The van der Waals surface area contributed by atoms with E-state index in [4.69, 9.17) is 0 Å². The monoisotopic (exact) mass is 324 g/mol. The Labute approximate surface area is 140 Å². The third kappa shape index (κ3) is 3.04. The predicted molar refractivity (Wildman–Crippen MR) is 93.2 cm³/mol. The van der Waals surface area contributed by atoms with E-state index in [0.29, 0.717) is 17.3 Å². The van der Waals surface area contributed by atoms with Gasteiger partial charge in [-0.25, -0.2) is 14.4 Å². The molecule has 0 saturated carbocycles. The SMILES string of the molecule is Fc1cccc2ccc(-c3nccn3CCC3CCCCN3)nc12. The number of para-hydroxylation sites is 1. The van der Waals surface area contributed by atoms with Crippen LogP contribution >= 0.6 is 0 Å². The molecule has 3 heterocycles. The van der Waals surface area contributed by atoms with E-state index >= 15 is 0 Å². The third-order valence-corrected chi connectivity index (χ3v) is 4.75. The van der Waals surface area contributed by atoms with Crippen LogP contribution in [0.3, 0.4) is 0 Å². The summed E-state index contributed by atoms with van der Waals surface area (Å²) in [5, 5.41) is 4.38. The van der Waals surface area contributed by atoms with Crippen LogP contribution in [0, 0.1) is 5.82 Å². The van der Waals surface area contributed by atoms with Crippen molar-refractivity contribution in [1.29, 1.82) is 0 Å². The molecule has 124 valence electrons. The second kappa shape index (κ2) is 6.69. The fraction of sp³-hybridized carbons (Fsp3) is 0.368. The molecule has 0 radical (unpaired) electrons. The lowest BCUT2D eigenvalue weighted by molar-refractivity contribution is 0.367. The second-order valence-electron chi connectivity index (χ2n) is 6.39. The normalized spacial score (nSPS) is 18.1. The van der Waals surface area contributed by atoms with Crippen LogP contribution in [0.5, 0.6) is 0 Å². The number of piperidine rings is 1. The first-order valence-electron chi connectivity index (χ1n) is 8.61. The number of imidazole rings is 1. The number of aromatic nitrogens is 3. The number of benzene rings is 1. The summed E-state index contributed by atoms with van der Waals surface area (Å²) in [6.07, 6.45) is 8.66. The van der Waals surface area contributed by atoms with Gasteiger partial charge >= 0.3 is 0 Å². The van der Waals surface area contributed by atoms with Gasteiger partial charge in [-0.1, -0.05) is 24.6 Å². The average Bonchev–Trinajstić information content (AvgIpc) is 3.10. The molecule has 4 rings (SSSR count). The average molecular weight is 324 g/mol. The zero-order valence-corrected chi connectivity index (χ0v) is 13.6. The van der Waals surface area contributed by atoms with Crippen LogP contribution in [0.2, 0.25) is 0 Å². The third-order valence-electron chi connectivity index (χ3n) is 4.75. The number of hydrogen-bond acceptors (Lipinski definition) is 3. The van der Waals surface area contributed by atoms with E-state index in [1.165, 1.54) is 25.3 Å². The summed E-state index contributed by atoms with van der Waals surface area (Å²) in [7, 11) is 0. The molecule has 1 fully saturated rings. The van der Waals surface area contributed by atoms with Crippen LogP contribution in [-0.4, -0.2) is 27.1 Å². The van der Waals surface area contributed by atoms with Gasteiger partial charge in [-0.05, 0) is 37.9 Å². The van der Waals surface area contributed by atoms with Crippen LogP contribution in [0.25, 0.3) is 22.4 Å². The molecule has 0 aliphatic carbocycles. The molecule has 4 nitrogen and oxygen atoms in total. The lowest BCUT2D eigenvalue weighted by atomic mass is 10.0. The molecule has 2 aromatic heterocycles. The highest BCUT2D eigenvalue weighted by atomic mass is 19.1. The van der Waals surface area contributed by atoms with Gasteiger partial charge in [-0.15, -0.1) is 0 Å². The highest BCUT2D eigenvalue weighted by Crippen LogP contribution is 2.22. The largest absolute Gasteiger partial charge is 0.330 e. The minimum absolute atomic E-state index is 0.293. The zero-order chi connectivity index (χ0) is 16.4. The maximum atomic E-state index is 14.0. The smallest absolute Gasteiger partial charge is 0.158 e. The second-order valence-corrected chi connectivity index (χ2v) is 6.39. The lowest BCUT2D eigenvalue weighted by Gasteiger charge is -2.23. The van der Waals surface area contributed by atoms with Gasteiger partial charge < -0.3 is 9.88 Å². The van der Waals surface area contributed by atoms with Gasteiger partial charge in [-0.2, -0.15) is 0 Å². The van der Waals surface area contributed by atoms with Gasteiger partial charge in [0.25, 0.3) is 0 Å². The first-order chi connectivity index (χ1) is 11.8. The van der Waals surface area contributed by atoms with Crippen molar-refractivity contribution in [2.75, 3.05) is 6.54 Å². The molecule has 1 unspecified atom stereocenters. The molecule has 1 aliphatic heterocycles. The van der Waals surface area contributed by atoms with Crippen LogP contribution < -0.4 is 5.32 Å². The van der Waals surface area contributed by atoms with E-state index in [-0.39, 0.29) is 5.82 Å². The van der Waals surface area contributed by atoms with E-state index in [9.17, 15) is 4.39 Å². The number of rotatable bonds is 4. The fourth-order valence-corrected chi connectivity index (χ4v) is 3.42. The van der Waals surface area contributed by atoms with Gasteiger partial charge in [0.1, 0.15) is 17.0 Å². The zero-order valence-electron chi connectivity index (χ0n) is 13.6. The van der Waals surface area contributed by atoms with Crippen molar-refractivity contribution in [2.24, 2.45) is 0 Å². The quantitative estimate of drug-likeness (QED) is 0.794. The van der Waals surface area contributed by atoms with Crippen molar-refractivity contribution in [3.05, 3.63) is 48.5 Å². The molecule has 1 aliphatic rings. The molecule has 1 saturated heterocycles.